The van der Waals surface area contributed by atoms with E-state index in [1.807, 2.05) is 13.1 Å². The van der Waals surface area contributed by atoms with Crippen molar-refractivity contribution < 1.29 is 0 Å². The molecule has 1 aliphatic heterocycles. The third-order valence-electron chi connectivity index (χ3n) is 3.66. The van der Waals surface area contributed by atoms with Crippen molar-refractivity contribution in [1.29, 1.82) is 0 Å². The molecular weight excluding hydrogens is 244 g/mol. The highest BCUT2D eigenvalue weighted by Crippen LogP contribution is 2.22. The van der Waals surface area contributed by atoms with Crippen molar-refractivity contribution in [2.75, 3.05) is 25.0 Å². The highest BCUT2D eigenvalue weighted by molar-refractivity contribution is 5.51. The predicted octanol–water partition coefficient (Wildman–Crippen LogP) is -0.00410. The first-order chi connectivity index (χ1) is 9.29. The summed E-state index contributed by atoms with van der Waals surface area (Å²) >= 11 is 0. The Hall–Kier alpha value is -1.89. The maximum Gasteiger partial charge on any atom is 0.348 e. The molecule has 1 unspecified atom stereocenters. The predicted molar refractivity (Wildman–Crippen MR) is 72.5 cm³/mol. The summed E-state index contributed by atoms with van der Waals surface area (Å²) in [5.41, 5.74) is 0.364. The molecule has 1 aliphatic rings. The second kappa shape index (κ2) is 5.00. The maximum absolute atomic E-state index is 11.4. The van der Waals surface area contributed by atoms with Crippen LogP contribution in [0.1, 0.15) is 19.3 Å². The van der Waals surface area contributed by atoms with Crippen molar-refractivity contribution in [3.05, 3.63) is 22.9 Å². The highest BCUT2D eigenvalue weighted by Gasteiger charge is 2.23. The van der Waals surface area contributed by atoms with E-state index in [9.17, 15) is 4.79 Å². The van der Waals surface area contributed by atoms with E-state index in [1.54, 1.807) is 6.33 Å². The highest BCUT2D eigenvalue weighted by atomic mass is 16.1. The summed E-state index contributed by atoms with van der Waals surface area (Å²) in [5.74, 6) is 0.895. The Morgan fingerprint density at radius 3 is 3.26 bits per heavy atom. The average molecular weight is 262 g/mol. The van der Waals surface area contributed by atoms with Gasteiger partial charge >= 0.3 is 5.69 Å². The van der Waals surface area contributed by atoms with Crippen molar-refractivity contribution >= 4 is 11.5 Å². The van der Waals surface area contributed by atoms with Crippen molar-refractivity contribution in [3.63, 3.8) is 0 Å². The van der Waals surface area contributed by atoms with Gasteiger partial charge in [-0.25, -0.2) is 19.3 Å². The summed E-state index contributed by atoms with van der Waals surface area (Å²) in [5, 5.41) is 9.65. The first-order valence-electron chi connectivity index (χ1n) is 6.63. The number of H-pyrrole nitrogens is 1. The molecule has 7 heteroatoms. The summed E-state index contributed by atoms with van der Waals surface area (Å²) in [7, 11) is 1.97. The van der Waals surface area contributed by atoms with Crippen LogP contribution in [0.15, 0.2) is 17.2 Å². The van der Waals surface area contributed by atoms with Crippen molar-refractivity contribution in [2.45, 2.75) is 25.3 Å². The first-order valence-corrected chi connectivity index (χ1v) is 6.63. The molecule has 0 saturated carbocycles. The quantitative estimate of drug-likeness (QED) is 0.814. The van der Waals surface area contributed by atoms with Crippen LogP contribution in [0.4, 0.5) is 5.82 Å². The van der Waals surface area contributed by atoms with E-state index in [0.29, 0.717) is 11.7 Å². The zero-order chi connectivity index (χ0) is 13.2. The SMILES string of the molecule is CNCC1CCCCN1c1cc2n[nH]c(=O)n2cn1. The molecule has 0 aromatic carbocycles. The molecule has 1 saturated heterocycles. The second-order valence-corrected chi connectivity index (χ2v) is 4.90. The Labute approximate surface area is 110 Å². The number of hydrogen-bond donors (Lipinski definition) is 2. The van der Waals surface area contributed by atoms with Gasteiger partial charge in [-0.05, 0) is 26.3 Å². The third-order valence-corrected chi connectivity index (χ3v) is 3.66. The maximum atomic E-state index is 11.4. The van der Waals surface area contributed by atoms with E-state index in [-0.39, 0.29) is 5.69 Å². The molecule has 0 spiro atoms. The third kappa shape index (κ3) is 2.21. The molecule has 0 radical (unpaired) electrons. The second-order valence-electron chi connectivity index (χ2n) is 4.90. The van der Waals surface area contributed by atoms with Gasteiger partial charge in [0.25, 0.3) is 0 Å². The number of aromatic amines is 1. The van der Waals surface area contributed by atoms with Crippen LogP contribution in [-0.2, 0) is 0 Å². The van der Waals surface area contributed by atoms with E-state index in [4.69, 9.17) is 0 Å². The van der Waals surface area contributed by atoms with Crippen LogP contribution in [0.2, 0.25) is 0 Å². The Morgan fingerprint density at radius 1 is 1.53 bits per heavy atom. The van der Waals surface area contributed by atoms with Crippen LogP contribution >= 0.6 is 0 Å². The minimum atomic E-state index is -0.250. The number of hydrogen-bond acceptors (Lipinski definition) is 5. The molecular formula is C12H18N6O. The van der Waals surface area contributed by atoms with E-state index >= 15 is 0 Å². The number of nitrogens with one attached hydrogen (secondary N) is 2. The lowest BCUT2D eigenvalue weighted by Crippen LogP contribution is -2.45. The zero-order valence-corrected chi connectivity index (χ0v) is 11.0. The first kappa shape index (κ1) is 12.2. The van der Waals surface area contributed by atoms with Gasteiger partial charge in [0.05, 0.1) is 0 Å². The molecule has 0 amide bonds. The summed E-state index contributed by atoms with van der Waals surface area (Å²) in [6.07, 6.45) is 5.15. The fourth-order valence-corrected chi connectivity index (χ4v) is 2.71. The molecule has 3 heterocycles. The summed E-state index contributed by atoms with van der Waals surface area (Å²) in [4.78, 5) is 18.1. The Balaban J connectivity index is 1.94. The summed E-state index contributed by atoms with van der Waals surface area (Å²) < 4.78 is 1.42. The van der Waals surface area contributed by atoms with Gasteiger partial charge < -0.3 is 10.2 Å². The molecule has 1 atom stereocenters. The molecule has 2 aromatic heterocycles. The van der Waals surface area contributed by atoms with E-state index in [0.717, 1.165) is 18.9 Å². The standard InChI is InChI=1S/C12H18N6O/c1-13-7-9-4-2-3-5-17(9)10-6-11-15-16-12(19)18(11)8-14-10/h6,8-9,13H,2-5,7H2,1H3,(H,16,19). The molecule has 7 nitrogen and oxygen atoms in total. The van der Waals surface area contributed by atoms with Crippen LogP contribution in [0.25, 0.3) is 5.65 Å². The number of nitrogens with zero attached hydrogens (tertiary/aromatic N) is 4. The van der Waals surface area contributed by atoms with E-state index < -0.39 is 0 Å². The number of piperidine rings is 1. The van der Waals surface area contributed by atoms with Gasteiger partial charge in [-0.1, -0.05) is 0 Å². The summed E-state index contributed by atoms with van der Waals surface area (Å²) in [6, 6.07) is 2.32. The largest absolute Gasteiger partial charge is 0.352 e. The lowest BCUT2D eigenvalue weighted by atomic mass is 10.0. The van der Waals surface area contributed by atoms with Crippen molar-refractivity contribution in [2.24, 2.45) is 0 Å². The van der Waals surface area contributed by atoms with Gasteiger partial charge in [-0.15, -0.1) is 0 Å². The molecule has 1 fully saturated rings. The number of rotatable bonds is 3. The van der Waals surface area contributed by atoms with Crippen LogP contribution < -0.4 is 15.9 Å². The topological polar surface area (TPSA) is 78.3 Å². The zero-order valence-electron chi connectivity index (χ0n) is 11.0. The van der Waals surface area contributed by atoms with Gasteiger partial charge in [-0.3, -0.25) is 0 Å². The van der Waals surface area contributed by atoms with Gasteiger partial charge in [0.15, 0.2) is 5.65 Å². The minimum absolute atomic E-state index is 0.250. The van der Waals surface area contributed by atoms with Crippen molar-refractivity contribution in [1.82, 2.24) is 24.9 Å². The molecule has 0 aliphatic carbocycles. The Bertz CT molecular complexity index is 616. The van der Waals surface area contributed by atoms with Crippen LogP contribution in [-0.4, -0.2) is 45.8 Å². The van der Waals surface area contributed by atoms with E-state index in [2.05, 4.69) is 25.4 Å². The van der Waals surface area contributed by atoms with Gasteiger partial charge in [0.1, 0.15) is 12.1 Å². The average Bonchev–Trinajstić information content (AvgIpc) is 2.81. The fraction of sp³-hybridized carbons (Fsp3) is 0.583. The molecule has 102 valence electrons. The Morgan fingerprint density at radius 2 is 2.42 bits per heavy atom. The summed E-state index contributed by atoms with van der Waals surface area (Å²) in [6.45, 7) is 1.95. The number of anilines is 1. The van der Waals surface area contributed by atoms with Gasteiger partial charge in [-0.2, -0.15) is 5.10 Å². The number of aromatic nitrogens is 4. The van der Waals surface area contributed by atoms with Crippen molar-refractivity contribution in [3.8, 4) is 0 Å². The monoisotopic (exact) mass is 262 g/mol. The van der Waals surface area contributed by atoms with Crippen LogP contribution in [0.5, 0.6) is 0 Å². The Kier molecular flexibility index (Phi) is 3.20. The van der Waals surface area contributed by atoms with Crippen LogP contribution in [0, 0.1) is 0 Å². The fourth-order valence-electron chi connectivity index (χ4n) is 2.71. The van der Waals surface area contributed by atoms with Gasteiger partial charge in [0.2, 0.25) is 0 Å². The minimum Gasteiger partial charge on any atom is -0.352 e. The molecule has 2 N–H and O–H groups in total. The lowest BCUT2D eigenvalue weighted by Gasteiger charge is -2.36. The lowest BCUT2D eigenvalue weighted by molar-refractivity contribution is 0.443. The molecule has 2 aromatic rings. The van der Waals surface area contributed by atoms with Gasteiger partial charge in [0, 0.05) is 25.2 Å². The smallest absolute Gasteiger partial charge is 0.348 e. The van der Waals surface area contributed by atoms with E-state index in [1.165, 1.54) is 23.7 Å². The molecule has 3 rings (SSSR count). The molecule has 19 heavy (non-hydrogen) atoms. The molecule has 0 bridgehead atoms. The number of likely N-dealkylation sites (N-methyl/N-ethyl adjacent to an activating group) is 1. The number of fused-ring (bicyclic) bond motifs is 1. The van der Waals surface area contributed by atoms with Crippen LogP contribution in [0.3, 0.4) is 0 Å². The normalized spacial score (nSPS) is 20.1.